The summed E-state index contributed by atoms with van der Waals surface area (Å²) in [5.41, 5.74) is 1.40. The minimum absolute atomic E-state index is 0.0801. The van der Waals surface area contributed by atoms with E-state index < -0.39 is 0 Å². The zero-order chi connectivity index (χ0) is 14.2. The van der Waals surface area contributed by atoms with Crippen LogP contribution in [0.25, 0.3) is 10.8 Å². The van der Waals surface area contributed by atoms with Crippen LogP contribution in [-0.2, 0) is 6.54 Å². The van der Waals surface area contributed by atoms with Crippen LogP contribution >= 0.6 is 0 Å². The third-order valence-electron chi connectivity index (χ3n) is 5.10. The van der Waals surface area contributed by atoms with Crippen LogP contribution in [0.3, 0.4) is 0 Å². The average Bonchev–Trinajstić information content (AvgIpc) is 3.34. The molecular formula is C19H23NO. The average molecular weight is 281 g/mol. The zero-order valence-corrected chi connectivity index (χ0v) is 12.4. The van der Waals surface area contributed by atoms with Gasteiger partial charge in [-0.25, -0.2) is 0 Å². The fraction of sp³-hybridized carbons (Fsp3) is 0.474. The molecule has 0 radical (unpaired) electrons. The number of nitrogens with zero attached hydrogens (tertiary/aromatic N) is 1. The molecule has 0 aromatic heterocycles. The molecule has 0 amide bonds. The molecule has 1 aliphatic carbocycles. The summed E-state index contributed by atoms with van der Waals surface area (Å²) in [6.45, 7) is 2.06. The smallest absolute Gasteiger partial charge is 0.0567 e. The van der Waals surface area contributed by atoms with Gasteiger partial charge in [-0.2, -0.15) is 0 Å². The van der Waals surface area contributed by atoms with Crippen molar-refractivity contribution in [3.63, 3.8) is 0 Å². The first-order chi connectivity index (χ1) is 10.3. The third kappa shape index (κ3) is 2.83. The minimum atomic E-state index is -0.0801. The van der Waals surface area contributed by atoms with Crippen molar-refractivity contribution in [2.75, 3.05) is 6.54 Å². The Labute approximate surface area is 126 Å². The molecule has 2 fully saturated rings. The van der Waals surface area contributed by atoms with Crippen LogP contribution < -0.4 is 0 Å². The summed E-state index contributed by atoms with van der Waals surface area (Å²) >= 11 is 0. The van der Waals surface area contributed by atoms with E-state index in [0.29, 0.717) is 6.04 Å². The lowest BCUT2D eigenvalue weighted by Gasteiger charge is -2.38. The molecule has 2 aromatic rings. The van der Waals surface area contributed by atoms with Crippen molar-refractivity contribution in [1.29, 1.82) is 0 Å². The normalized spacial score (nSPS) is 27.1. The standard InChI is InChI=1S/C19H23NO/c21-18-9-10-20(19(12-18)16-7-8-16)13-14-5-6-15-3-1-2-4-17(15)11-14/h1-6,11,16,18-19,21H,7-10,12-13H2/t18-,19-/m1/s1. The first kappa shape index (κ1) is 13.3. The summed E-state index contributed by atoms with van der Waals surface area (Å²) in [5, 5.41) is 12.6. The van der Waals surface area contributed by atoms with Gasteiger partial charge in [0.2, 0.25) is 0 Å². The van der Waals surface area contributed by atoms with E-state index in [-0.39, 0.29) is 6.10 Å². The van der Waals surface area contributed by atoms with E-state index in [2.05, 4.69) is 47.4 Å². The van der Waals surface area contributed by atoms with Crippen LogP contribution in [0.1, 0.15) is 31.2 Å². The number of rotatable bonds is 3. The predicted octanol–water partition coefficient (Wildman–Crippen LogP) is 3.58. The van der Waals surface area contributed by atoms with Gasteiger partial charge in [0.1, 0.15) is 0 Å². The minimum Gasteiger partial charge on any atom is -0.393 e. The van der Waals surface area contributed by atoms with E-state index in [1.165, 1.54) is 29.2 Å². The van der Waals surface area contributed by atoms with Gasteiger partial charge in [-0.05, 0) is 54.0 Å². The molecule has 0 unspecified atom stereocenters. The molecule has 1 saturated carbocycles. The molecule has 0 spiro atoms. The van der Waals surface area contributed by atoms with Crippen molar-refractivity contribution in [2.45, 2.75) is 44.4 Å². The second-order valence-corrected chi connectivity index (χ2v) is 6.73. The van der Waals surface area contributed by atoms with Gasteiger partial charge in [0.15, 0.2) is 0 Å². The second kappa shape index (κ2) is 5.43. The monoisotopic (exact) mass is 281 g/mol. The van der Waals surface area contributed by atoms with E-state index in [1.807, 2.05) is 0 Å². The summed E-state index contributed by atoms with van der Waals surface area (Å²) in [6.07, 6.45) is 4.52. The van der Waals surface area contributed by atoms with Crippen LogP contribution in [0.5, 0.6) is 0 Å². The highest BCUT2D eigenvalue weighted by Gasteiger charge is 2.38. The van der Waals surface area contributed by atoms with Crippen molar-refractivity contribution in [3.8, 4) is 0 Å². The summed E-state index contributed by atoms with van der Waals surface area (Å²) < 4.78 is 0. The van der Waals surface area contributed by atoms with E-state index in [1.54, 1.807) is 0 Å². The Hall–Kier alpha value is -1.38. The summed E-state index contributed by atoms with van der Waals surface area (Å²) in [7, 11) is 0. The second-order valence-electron chi connectivity index (χ2n) is 6.73. The fourth-order valence-electron chi connectivity index (χ4n) is 3.77. The van der Waals surface area contributed by atoms with Crippen molar-refractivity contribution in [2.24, 2.45) is 5.92 Å². The number of aliphatic hydroxyl groups is 1. The van der Waals surface area contributed by atoms with E-state index in [4.69, 9.17) is 0 Å². The molecule has 2 aliphatic rings. The van der Waals surface area contributed by atoms with Gasteiger partial charge in [-0.1, -0.05) is 36.4 Å². The number of aliphatic hydroxyl groups excluding tert-OH is 1. The lowest BCUT2D eigenvalue weighted by molar-refractivity contribution is 0.0283. The fourth-order valence-corrected chi connectivity index (χ4v) is 3.77. The lowest BCUT2D eigenvalue weighted by atomic mass is 9.95. The molecule has 21 heavy (non-hydrogen) atoms. The third-order valence-corrected chi connectivity index (χ3v) is 5.10. The number of piperidine rings is 1. The highest BCUT2D eigenvalue weighted by molar-refractivity contribution is 5.82. The van der Waals surface area contributed by atoms with Gasteiger partial charge >= 0.3 is 0 Å². The predicted molar refractivity (Wildman–Crippen MR) is 86.1 cm³/mol. The SMILES string of the molecule is O[C@@H]1CCN(Cc2ccc3ccccc3c2)[C@@H](C2CC2)C1. The quantitative estimate of drug-likeness (QED) is 0.929. The molecule has 4 rings (SSSR count). The zero-order valence-electron chi connectivity index (χ0n) is 12.4. The van der Waals surface area contributed by atoms with Gasteiger partial charge in [-0.3, -0.25) is 4.90 Å². The van der Waals surface area contributed by atoms with Crippen molar-refractivity contribution >= 4 is 10.8 Å². The Balaban J connectivity index is 1.55. The van der Waals surface area contributed by atoms with Crippen LogP contribution in [0.4, 0.5) is 0 Å². The van der Waals surface area contributed by atoms with Crippen molar-refractivity contribution in [1.82, 2.24) is 4.90 Å². The first-order valence-electron chi connectivity index (χ1n) is 8.19. The van der Waals surface area contributed by atoms with Gasteiger partial charge in [0, 0.05) is 19.1 Å². The molecule has 2 heteroatoms. The maximum Gasteiger partial charge on any atom is 0.0567 e. The molecule has 2 nitrogen and oxygen atoms in total. The summed E-state index contributed by atoms with van der Waals surface area (Å²) in [4.78, 5) is 2.61. The van der Waals surface area contributed by atoms with E-state index in [0.717, 1.165) is 31.8 Å². The van der Waals surface area contributed by atoms with Crippen LogP contribution in [0.2, 0.25) is 0 Å². The van der Waals surface area contributed by atoms with Gasteiger partial charge in [0.25, 0.3) is 0 Å². The summed E-state index contributed by atoms with van der Waals surface area (Å²) in [5.74, 6) is 0.834. The summed E-state index contributed by atoms with van der Waals surface area (Å²) in [6, 6.07) is 16.0. The Bertz CT molecular complexity index is 634. The highest BCUT2D eigenvalue weighted by atomic mass is 16.3. The molecular weight excluding hydrogens is 258 g/mol. The Kier molecular flexibility index (Phi) is 3.44. The Morgan fingerprint density at radius 2 is 1.81 bits per heavy atom. The number of hydrogen-bond donors (Lipinski definition) is 1. The molecule has 2 atom stereocenters. The molecule has 2 aromatic carbocycles. The molecule has 1 heterocycles. The van der Waals surface area contributed by atoms with E-state index in [9.17, 15) is 5.11 Å². The van der Waals surface area contributed by atoms with Crippen molar-refractivity contribution < 1.29 is 5.11 Å². The van der Waals surface area contributed by atoms with Crippen LogP contribution in [0.15, 0.2) is 42.5 Å². The lowest BCUT2D eigenvalue weighted by Crippen LogP contribution is -2.44. The Morgan fingerprint density at radius 1 is 1.00 bits per heavy atom. The molecule has 110 valence electrons. The number of likely N-dealkylation sites (tertiary alicyclic amines) is 1. The van der Waals surface area contributed by atoms with Crippen molar-refractivity contribution in [3.05, 3.63) is 48.0 Å². The number of benzene rings is 2. The van der Waals surface area contributed by atoms with Crippen LogP contribution in [-0.4, -0.2) is 28.7 Å². The molecule has 1 saturated heterocycles. The van der Waals surface area contributed by atoms with E-state index >= 15 is 0 Å². The molecule has 1 N–H and O–H groups in total. The molecule has 0 bridgehead atoms. The molecule has 1 aliphatic heterocycles. The Morgan fingerprint density at radius 3 is 2.62 bits per heavy atom. The highest BCUT2D eigenvalue weighted by Crippen LogP contribution is 2.40. The van der Waals surface area contributed by atoms with Gasteiger partial charge < -0.3 is 5.11 Å². The maximum absolute atomic E-state index is 9.95. The maximum atomic E-state index is 9.95. The van der Waals surface area contributed by atoms with Gasteiger partial charge in [0.05, 0.1) is 6.10 Å². The number of fused-ring (bicyclic) bond motifs is 1. The van der Waals surface area contributed by atoms with Crippen LogP contribution in [0, 0.1) is 5.92 Å². The first-order valence-corrected chi connectivity index (χ1v) is 8.19. The largest absolute Gasteiger partial charge is 0.393 e. The van der Waals surface area contributed by atoms with Gasteiger partial charge in [-0.15, -0.1) is 0 Å². The topological polar surface area (TPSA) is 23.5 Å². The number of hydrogen-bond acceptors (Lipinski definition) is 2.